The van der Waals surface area contributed by atoms with Gasteiger partial charge >= 0.3 is 0 Å². The number of rotatable bonds is 6. The summed E-state index contributed by atoms with van der Waals surface area (Å²) in [6.45, 7) is 7.34. The normalized spacial score (nSPS) is 12.5. The average molecular weight is 335 g/mol. The molecule has 0 bridgehead atoms. The first-order valence-corrected chi connectivity index (χ1v) is 8.87. The van der Waals surface area contributed by atoms with Crippen LogP contribution < -0.4 is 5.32 Å². The molecule has 1 N–H and O–H groups in total. The van der Waals surface area contributed by atoms with Gasteiger partial charge in [-0.1, -0.05) is 44.2 Å². The zero-order valence-electron chi connectivity index (χ0n) is 15.1. The summed E-state index contributed by atoms with van der Waals surface area (Å²) in [6, 6.07) is 17.3. The number of fused-ring (bicyclic) bond motifs is 1. The molecule has 0 fully saturated rings. The smallest absolute Gasteiger partial charge is 0.251 e. The first-order chi connectivity index (χ1) is 12.1. The molecule has 0 radical (unpaired) electrons. The summed E-state index contributed by atoms with van der Waals surface area (Å²) in [5.41, 5.74) is 2.76. The molecule has 0 saturated carbocycles. The monoisotopic (exact) mass is 335 g/mol. The van der Waals surface area contributed by atoms with E-state index in [0.717, 1.165) is 29.8 Å². The van der Waals surface area contributed by atoms with Crippen molar-refractivity contribution in [2.75, 3.05) is 0 Å². The Morgan fingerprint density at radius 2 is 1.72 bits per heavy atom. The number of nitrogens with one attached hydrogen (secondary N) is 1. The highest BCUT2D eigenvalue weighted by Gasteiger charge is 2.19. The van der Waals surface area contributed by atoms with Gasteiger partial charge in [-0.2, -0.15) is 0 Å². The number of benzene rings is 2. The van der Waals surface area contributed by atoms with Gasteiger partial charge in [0.15, 0.2) is 0 Å². The number of aromatic nitrogens is 2. The number of hydrogen-bond donors (Lipinski definition) is 1. The second-order valence-electron chi connectivity index (χ2n) is 6.85. The number of para-hydroxylation sites is 2. The van der Waals surface area contributed by atoms with E-state index < -0.39 is 0 Å². The van der Waals surface area contributed by atoms with Crippen molar-refractivity contribution >= 4 is 16.9 Å². The molecule has 1 amide bonds. The van der Waals surface area contributed by atoms with Crippen LogP contribution in [0.4, 0.5) is 0 Å². The Bertz CT molecular complexity index is 852. The Labute approximate surface area is 148 Å². The molecule has 0 aliphatic rings. The minimum Gasteiger partial charge on any atom is -0.342 e. The van der Waals surface area contributed by atoms with Crippen molar-refractivity contribution < 1.29 is 4.79 Å². The summed E-state index contributed by atoms with van der Waals surface area (Å²) in [7, 11) is 0. The molecular weight excluding hydrogens is 310 g/mol. The highest BCUT2D eigenvalue weighted by atomic mass is 16.1. The van der Waals surface area contributed by atoms with Crippen LogP contribution in [0.2, 0.25) is 0 Å². The standard InChI is InChI=1S/C21H25N3O/c1-15(2)13-14-24-19-12-8-7-11-18(19)23-20(24)16(3)22-21(25)17-9-5-4-6-10-17/h4-12,15-16H,13-14H2,1-3H3,(H,22,25). The lowest BCUT2D eigenvalue weighted by molar-refractivity contribution is 0.0937. The maximum atomic E-state index is 12.5. The predicted octanol–water partition coefficient (Wildman–Crippen LogP) is 4.57. The van der Waals surface area contributed by atoms with Crippen LogP contribution in [0.3, 0.4) is 0 Å². The molecule has 130 valence electrons. The molecule has 0 aliphatic heterocycles. The predicted molar refractivity (Wildman–Crippen MR) is 102 cm³/mol. The molecule has 4 heteroatoms. The Kier molecular flexibility index (Phi) is 5.17. The highest BCUT2D eigenvalue weighted by Crippen LogP contribution is 2.22. The van der Waals surface area contributed by atoms with Gasteiger partial charge < -0.3 is 9.88 Å². The molecule has 1 atom stereocenters. The van der Waals surface area contributed by atoms with Crippen molar-refractivity contribution in [2.24, 2.45) is 5.92 Å². The number of amides is 1. The molecule has 25 heavy (non-hydrogen) atoms. The summed E-state index contributed by atoms with van der Waals surface area (Å²) in [4.78, 5) is 17.3. The maximum Gasteiger partial charge on any atom is 0.251 e. The van der Waals surface area contributed by atoms with Gasteiger partial charge in [0, 0.05) is 12.1 Å². The number of carbonyl (C=O) groups excluding carboxylic acids is 1. The second-order valence-corrected chi connectivity index (χ2v) is 6.85. The summed E-state index contributed by atoms with van der Waals surface area (Å²) in [6.07, 6.45) is 1.08. The Hall–Kier alpha value is -2.62. The third-order valence-corrected chi connectivity index (χ3v) is 4.39. The van der Waals surface area contributed by atoms with Crippen molar-refractivity contribution in [3.63, 3.8) is 0 Å². The van der Waals surface area contributed by atoms with Crippen LogP contribution in [0, 0.1) is 5.92 Å². The Balaban J connectivity index is 1.88. The van der Waals surface area contributed by atoms with Gasteiger partial charge in [0.2, 0.25) is 0 Å². The van der Waals surface area contributed by atoms with Gasteiger partial charge in [0.25, 0.3) is 5.91 Å². The number of hydrogen-bond acceptors (Lipinski definition) is 2. The van der Waals surface area contributed by atoms with Gasteiger partial charge in [-0.25, -0.2) is 4.98 Å². The summed E-state index contributed by atoms with van der Waals surface area (Å²) < 4.78 is 2.24. The minimum absolute atomic E-state index is 0.0736. The summed E-state index contributed by atoms with van der Waals surface area (Å²) in [5.74, 6) is 1.45. The molecule has 1 aromatic heterocycles. The van der Waals surface area contributed by atoms with E-state index in [1.54, 1.807) is 0 Å². The van der Waals surface area contributed by atoms with Crippen molar-refractivity contribution in [1.82, 2.24) is 14.9 Å². The van der Waals surface area contributed by atoms with Crippen molar-refractivity contribution in [1.29, 1.82) is 0 Å². The van der Waals surface area contributed by atoms with Crippen LogP contribution in [-0.4, -0.2) is 15.5 Å². The van der Waals surface area contributed by atoms with Gasteiger partial charge in [-0.15, -0.1) is 0 Å². The van der Waals surface area contributed by atoms with E-state index in [0.29, 0.717) is 11.5 Å². The van der Waals surface area contributed by atoms with E-state index >= 15 is 0 Å². The first kappa shape index (κ1) is 17.2. The van der Waals surface area contributed by atoms with E-state index in [1.165, 1.54) is 0 Å². The van der Waals surface area contributed by atoms with E-state index in [1.807, 2.05) is 55.5 Å². The van der Waals surface area contributed by atoms with Crippen LogP contribution in [0.5, 0.6) is 0 Å². The molecule has 1 unspecified atom stereocenters. The quantitative estimate of drug-likeness (QED) is 0.717. The Morgan fingerprint density at radius 3 is 2.44 bits per heavy atom. The van der Waals surface area contributed by atoms with Crippen molar-refractivity contribution in [3.05, 3.63) is 66.0 Å². The number of carbonyl (C=O) groups is 1. The van der Waals surface area contributed by atoms with Crippen molar-refractivity contribution in [2.45, 2.75) is 39.8 Å². The van der Waals surface area contributed by atoms with Crippen LogP contribution in [0.15, 0.2) is 54.6 Å². The molecule has 0 spiro atoms. The zero-order chi connectivity index (χ0) is 17.8. The topological polar surface area (TPSA) is 46.9 Å². The number of imidazole rings is 1. The van der Waals surface area contributed by atoms with E-state index in [2.05, 4.69) is 29.8 Å². The van der Waals surface area contributed by atoms with Gasteiger partial charge in [-0.3, -0.25) is 4.79 Å². The average Bonchev–Trinajstić information content (AvgIpc) is 2.99. The number of nitrogens with zero attached hydrogens (tertiary/aromatic N) is 2. The molecule has 4 nitrogen and oxygen atoms in total. The zero-order valence-corrected chi connectivity index (χ0v) is 15.1. The lowest BCUT2D eigenvalue weighted by Gasteiger charge is -2.17. The fraction of sp³-hybridized carbons (Fsp3) is 0.333. The van der Waals surface area contributed by atoms with E-state index in [-0.39, 0.29) is 11.9 Å². The Morgan fingerprint density at radius 1 is 1.04 bits per heavy atom. The maximum absolute atomic E-state index is 12.5. The molecule has 0 aliphatic carbocycles. The molecular formula is C21H25N3O. The third-order valence-electron chi connectivity index (χ3n) is 4.39. The van der Waals surface area contributed by atoms with Crippen LogP contribution >= 0.6 is 0 Å². The van der Waals surface area contributed by atoms with Crippen LogP contribution in [0.25, 0.3) is 11.0 Å². The van der Waals surface area contributed by atoms with Crippen LogP contribution in [-0.2, 0) is 6.54 Å². The molecule has 3 rings (SSSR count). The van der Waals surface area contributed by atoms with Gasteiger partial charge in [0.1, 0.15) is 5.82 Å². The molecule has 2 aromatic carbocycles. The SMILES string of the molecule is CC(C)CCn1c(C(C)NC(=O)c2ccccc2)nc2ccccc21. The van der Waals surface area contributed by atoms with Crippen LogP contribution in [0.1, 0.15) is 49.4 Å². The molecule has 0 saturated heterocycles. The lowest BCUT2D eigenvalue weighted by Crippen LogP contribution is -2.28. The highest BCUT2D eigenvalue weighted by molar-refractivity contribution is 5.94. The third kappa shape index (κ3) is 3.90. The van der Waals surface area contributed by atoms with E-state index in [9.17, 15) is 4.79 Å². The first-order valence-electron chi connectivity index (χ1n) is 8.87. The van der Waals surface area contributed by atoms with Gasteiger partial charge in [-0.05, 0) is 43.5 Å². The molecule has 1 heterocycles. The fourth-order valence-corrected chi connectivity index (χ4v) is 2.98. The molecule has 3 aromatic rings. The largest absolute Gasteiger partial charge is 0.342 e. The van der Waals surface area contributed by atoms with Gasteiger partial charge in [0.05, 0.1) is 17.1 Å². The second kappa shape index (κ2) is 7.51. The van der Waals surface area contributed by atoms with Crippen molar-refractivity contribution in [3.8, 4) is 0 Å². The van der Waals surface area contributed by atoms with E-state index in [4.69, 9.17) is 4.98 Å². The summed E-state index contributed by atoms with van der Waals surface area (Å²) >= 11 is 0. The fourth-order valence-electron chi connectivity index (χ4n) is 2.98. The summed E-state index contributed by atoms with van der Waals surface area (Å²) in [5, 5.41) is 3.08. The minimum atomic E-state index is -0.160. The number of aryl methyl sites for hydroxylation is 1. The lowest BCUT2D eigenvalue weighted by atomic mass is 10.1.